The van der Waals surface area contributed by atoms with E-state index in [2.05, 4.69) is 28.8 Å². The Bertz CT molecular complexity index is 490. The molecule has 0 amide bonds. The molecule has 0 radical (unpaired) electrons. The van der Waals surface area contributed by atoms with Gasteiger partial charge in [0.2, 0.25) is 0 Å². The normalized spacial score (nSPS) is 25.5. The van der Waals surface area contributed by atoms with Crippen molar-refractivity contribution in [3.8, 4) is 5.75 Å². The van der Waals surface area contributed by atoms with E-state index >= 15 is 0 Å². The minimum absolute atomic E-state index is 0.507. The van der Waals surface area contributed by atoms with Crippen LogP contribution in [0.1, 0.15) is 36.3 Å². The number of fused-ring (bicyclic) bond motifs is 1. The number of carbonyl (C=O) groups is 1. The second kappa shape index (κ2) is 7.05. The van der Waals surface area contributed by atoms with Gasteiger partial charge in [0.25, 0.3) is 0 Å². The van der Waals surface area contributed by atoms with E-state index in [0.29, 0.717) is 18.3 Å². The molecule has 2 aliphatic rings. The molecule has 1 aromatic rings. The highest BCUT2D eigenvalue weighted by molar-refractivity contribution is 5.49. The first kappa shape index (κ1) is 14.5. The van der Waals surface area contributed by atoms with Gasteiger partial charge in [0.1, 0.15) is 18.6 Å². The molecule has 2 atom stereocenters. The molecule has 2 unspecified atom stereocenters. The zero-order valence-electron chi connectivity index (χ0n) is 12.4. The third kappa shape index (κ3) is 3.44. The van der Waals surface area contributed by atoms with Crippen molar-refractivity contribution in [3.63, 3.8) is 0 Å². The average molecular weight is 288 g/mol. The lowest BCUT2D eigenvalue weighted by atomic mass is 9.78. The summed E-state index contributed by atoms with van der Waals surface area (Å²) in [6.45, 7) is 4.59. The van der Waals surface area contributed by atoms with E-state index in [0.717, 1.165) is 57.7 Å². The van der Waals surface area contributed by atoms with E-state index in [9.17, 15) is 4.79 Å². The maximum Gasteiger partial charge on any atom is 0.123 e. The molecular weight excluding hydrogens is 264 g/mol. The third-order valence-corrected chi connectivity index (χ3v) is 4.65. The lowest BCUT2D eigenvalue weighted by Crippen LogP contribution is -2.35. The van der Waals surface area contributed by atoms with E-state index < -0.39 is 0 Å². The topological polar surface area (TPSA) is 50.4 Å². The van der Waals surface area contributed by atoms with Gasteiger partial charge in [-0.2, -0.15) is 0 Å². The number of benzene rings is 1. The summed E-state index contributed by atoms with van der Waals surface area (Å²) >= 11 is 0. The predicted octanol–water partition coefficient (Wildman–Crippen LogP) is 1.84. The maximum atomic E-state index is 10.7. The molecular formula is C17H24N2O2. The predicted molar refractivity (Wildman–Crippen MR) is 82.7 cm³/mol. The van der Waals surface area contributed by atoms with Crippen molar-refractivity contribution >= 4 is 6.29 Å². The number of rotatable bonds is 4. The summed E-state index contributed by atoms with van der Waals surface area (Å²) in [5, 5.41) is 6.89. The van der Waals surface area contributed by atoms with Crippen LogP contribution in [0.3, 0.4) is 0 Å². The van der Waals surface area contributed by atoms with Crippen LogP contribution in [-0.2, 0) is 11.3 Å². The van der Waals surface area contributed by atoms with Gasteiger partial charge in [-0.15, -0.1) is 0 Å². The van der Waals surface area contributed by atoms with Gasteiger partial charge in [0, 0.05) is 31.6 Å². The summed E-state index contributed by atoms with van der Waals surface area (Å²) in [5.41, 5.74) is 2.63. The highest BCUT2D eigenvalue weighted by Crippen LogP contribution is 2.34. The van der Waals surface area contributed by atoms with E-state index in [4.69, 9.17) is 4.74 Å². The van der Waals surface area contributed by atoms with E-state index in [1.165, 1.54) is 11.1 Å². The van der Waals surface area contributed by atoms with E-state index in [1.807, 2.05) is 0 Å². The van der Waals surface area contributed by atoms with Crippen LogP contribution in [0.25, 0.3) is 0 Å². The fourth-order valence-electron chi connectivity index (χ4n) is 3.50. The molecule has 21 heavy (non-hydrogen) atoms. The number of nitrogens with one attached hydrogen (secondary N) is 2. The summed E-state index contributed by atoms with van der Waals surface area (Å²) < 4.78 is 5.76. The van der Waals surface area contributed by atoms with Gasteiger partial charge in [0.05, 0.1) is 0 Å². The fraction of sp³-hybridized carbons (Fsp3) is 0.588. The maximum absolute atomic E-state index is 10.7. The molecule has 114 valence electrons. The monoisotopic (exact) mass is 288 g/mol. The molecule has 3 rings (SSSR count). The van der Waals surface area contributed by atoms with E-state index in [-0.39, 0.29) is 0 Å². The van der Waals surface area contributed by atoms with Gasteiger partial charge in [-0.3, -0.25) is 0 Å². The van der Waals surface area contributed by atoms with E-state index in [1.54, 1.807) is 0 Å². The van der Waals surface area contributed by atoms with Crippen LogP contribution >= 0.6 is 0 Å². The number of hydrogen-bond donors (Lipinski definition) is 2. The first-order valence-corrected chi connectivity index (χ1v) is 7.99. The van der Waals surface area contributed by atoms with Gasteiger partial charge in [-0.25, -0.2) is 0 Å². The molecule has 0 aromatic heterocycles. The van der Waals surface area contributed by atoms with Crippen LogP contribution in [-0.4, -0.2) is 32.5 Å². The lowest BCUT2D eigenvalue weighted by Gasteiger charge is -2.32. The molecule has 4 heteroatoms. The summed E-state index contributed by atoms with van der Waals surface area (Å²) in [4.78, 5) is 10.7. The number of hydrogen-bond acceptors (Lipinski definition) is 4. The van der Waals surface area contributed by atoms with Crippen molar-refractivity contribution in [2.75, 3.05) is 26.2 Å². The van der Waals surface area contributed by atoms with Crippen LogP contribution < -0.4 is 15.4 Å². The quantitative estimate of drug-likeness (QED) is 0.830. The second-order valence-corrected chi connectivity index (χ2v) is 6.00. The number of piperidine rings is 1. The second-order valence-electron chi connectivity index (χ2n) is 6.00. The lowest BCUT2D eigenvalue weighted by molar-refractivity contribution is -0.108. The minimum Gasteiger partial charge on any atom is -0.492 e. The van der Waals surface area contributed by atoms with Crippen molar-refractivity contribution in [1.29, 1.82) is 0 Å². The Morgan fingerprint density at radius 3 is 3.14 bits per heavy atom. The fourth-order valence-corrected chi connectivity index (χ4v) is 3.50. The van der Waals surface area contributed by atoms with Gasteiger partial charge in [0.15, 0.2) is 0 Å². The van der Waals surface area contributed by atoms with Crippen molar-refractivity contribution in [3.05, 3.63) is 29.3 Å². The zero-order chi connectivity index (χ0) is 14.5. The van der Waals surface area contributed by atoms with Crippen molar-refractivity contribution in [1.82, 2.24) is 10.6 Å². The first-order valence-electron chi connectivity index (χ1n) is 7.99. The smallest absolute Gasteiger partial charge is 0.123 e. The van der Waals surface area contributed by atoms with Crippen molar-refractivity contribution in [2.45, 2.75) is 31.7 Å². The summed E-state index contributed by atoms with van der Waals surface area (Å²) in [7, 11) is 0. The molecule has 0 bridgehead atoms. The number of carbonyl (C=O) groups excluding carboxylic acids is 1. The third-order valence-electron chi connectivity index (χ3n) is 4.65. The zero-order valence-corrected chi connectivity index (χ0v) is 12.4. The molecule has 2 heterocycles. The van der Waals surface area contributed by atoms with Gasteiger partial charge in [-0.05, 0) is 42.9 Å². The molecule has 2 N–H and O–H groups in total. The number of ether oxygens (including phenoxy) is 1. The van der Waals surface area contributed by atoms with Crippen LogP contribution in [0.15, 0.2) is 18.2 Å². The Labute approximate surface area is 126 Å². The van der Waals surface area contributed by atoms with Crippen molar-refractivity contribution in [2.24, 2.45) is 5.92 Å². The van der Waals surface area contributed by atoms with Crippen LogP contribution in [0.2, 0.25) is 0 Å². The Kier molecular flexibility index (Phi) is 4.88. The molecule has 1 saturated heterocycles. The summed E-state index contributed by atoms with van der Waals surface area (Å²) in [6.07, 6.45) is 3.89. The Morgan fingerprint density at radius 1 is 1.29 bits per heavy atom. The number of aldehydes is 1. The SMILES string of the molecule is O=CCCC1CCNCC1c1ccc2c(c1)CNCCO2. The first-order chi connectivity index (χ1) is 10.4. The van der Waals surface area contributed by atoms with Gasteiger partial charge >= 0.3 is 0 Å². The summed E-state index contributed by atoms with van der Waals surface area (Å²) in [5.74, 6) is 2.12. The molecule has 0 spiro atoms. The minimum atomic E-state index is 0.507. The molecule has 1 fully saturated rings. The molecule has 0 aliphatic carbocycles. The highest BCUT2D eigenvalue weighted by Gasteiger charge is 2.26. The van der Waals surface area contributed by atoms with Crippen LogP contribution in [0.4, 0.5) is 0 Å². The Morgan fingerprint density at radius 2 is 2.24 bits per heavy atom. The van der Waals surface area contributed by atoms with Gasteiger partial charge in [-0.1, -0.05) is 12.1 Å². The molecule has 0 saturated carbocycles. The van der Waals surface area contributed by atoms with Crippen molar-refractivity contribution < 1.29 is 9.53 Å². The Balaban J connectivity index is 1.80. The molecule has 1 aromatic carbocycles. The van der Waals surface area contributed by atoms with Crippen LogP contribution in [0, 0.1) is 5.92 Å². The van der Waals surface area contributed by atoms with Gasteiger partial charge < -0.3 is 20.2 Å². The largest absolute Gasteiger partial charge is 0.492 e. The van der Waals surface area contributed by atoms with Crippen LogP contribution in [0.5, 0.6) is 5.75 Å². The standard InChI is InChI=1S/C17H24N2O2/c20-8-1-2-13-5-6-18-12-16(13)14-3-4-17-15(10-14)11-19-7-9-21-17/h3-4,8,10,13,16,18-19H,1-2,5-7,9,11-12H2. The highest BCUT2D eigenvalue weighted by atomic mass is 16.5. The Hall–Kier alpha value is -1.39. The molecule has 4 nitrogen and oxygen atoms in total. The molecule has 2 aliphatic heterocycles. The summed E-state index contributed by atoms with van der Waals surface area (Å²) in [6, 6.07) is 6.61. The average Bonchev–Trinajstić information content (AvgIpc) is 2.77.